The fraction of sp³-hybridized carbons (Fsp3) is 0.765. The maximum atomic E-state index is 12.8. The SMILES string of the molecule is CCC(C)(CO)C(=O)OC(C)(C)C(O)(C(F)(F)F)C(F)(F)F.CCC(C)c1ccccc1.CCC1(COC(=O)C(C)(C)CC)COC1. The monoisotopic (exact) mass is 688 g/mol. The first-order valence-electron chi connectivity index (χ1n) is 15.8. The van der Waals surface area contributed by atoms with Gasteiger partial charge in [-0.15, -0.1) is 0 Å². The molecule has 1 aromatic carbocycles. The van der Waals surface area contributed by atoms with Gasteiger partial charge in [-0.2, -0.15) is 26.3 Å². The van der Waals surface area contributed by atoms with Crippen molar-refractivity contribution in [3.05, 3.63) is 35.9 Å². The van der Waals surface area contributed by atoms with Crippen LogP contribution in [0.25, 0.3) is 0 Å². The first-order valence-corrected chi connectivity index (χ1v) is 15.8. The van der Waals surface area contributed by atoms with Crippen molar-refractivity contribution < 1.29 is 60.4 Å². The molecule has 0 bridgehead atoms. The van der Waals surface area contributed by atoms with Gasteiger partial charge < -0.3 is 24.4 Å². The molecule has 0 saturated carbocycles. The van der Waals surface area contributed by atoms with Gasteiger partial charge in [0.15, 0.2) is 5.60 Å². The van der Waals surface area contributed by atoms with Crippen LogP contribution in [0.1, 0.15) is 106 Å². The molecule has 47 heavy (non-hydrogen) atoms. The van der Waals surface area contributed by atoms with Crippen LogP contribution in [0.3, 0.4) is 0 Å². The zero-order valence-electron chi connectivity index (χ0n) is 29.3. The third-order valence-electron chi connectivity index (χ3n) is 9.16. The van der Waals surface area contributed by atoms with Crippen LogP contribution < -0.4 is 0 Å². The van der Waals surface area contributed by atoms with Gasteiger partial charge in [0, 0.05) is 0 Å². The molecule has 13 heteroatoms. The zero-order chi connectivity index (χ0) is 37.1. The van der Waals surface area contributed by atoms with Crippen LogP contribution in [-0.4, -0.2) is 72.1 Å². The van der Waals surface area contributed by atoms with Crippen molar-refractivity contribution in [1.82, 2.24) is 0 Å². The van der Waals surface area contributed by atoms with Gasteiger partial charge in [0.25, 0.3) is 5.60 Å². The summed E-state index contributed by atoms with van der Waals surface area (Å²) in [7, 11) is 0. The molecule has 1 saturated heterocycles. The molecule has 0 aromatic heterocycles. The quantitative estimate of drug-likeness (QED) is 0.169. The molecule has 2 atom stereocenters. The van der Waals surface area contributed by atoms with E-state index in [0.717, 1.165) is 33.0 Å². The topological polar surface area (TPSA) is 102 Å². The summed E-state index contributed by atoms with van der Waals surface area (Å²) in [4.78, 5) is 23.6. The second-order valence-electron chi connectivity index (χ2n) is 13.6. The van der Waals surface area contributed by atoms with E-state index < -0.39 is 41.5 Å². The van der Waals surface area contributed by atoms with E-state index in [1.807, 2.05) is 20.8 Å². The van der Waals surface area contributed by atoms with E-state index in [2.05, 4.69) is 55.8 Å². The first-order chi connectivity index (χ1) is 21.3. The molecule has 7 nitrogen and oxygen atoms in total. The number of hydrogen-bond acceptors (Lipinski definition) is 7. The number of aliphatic hydroxyl groups excluding tert-OH is 1. The summed E-state index contributed by atoms with van der Waals surface area (Å²) >= 11 is 0. The highest BCUT2D eigenvalue weighted by molar-refractivity contribution is 5.77. The number of alkyl halides is 6. The Morgan fingerprint density at radius 2 is 1.36 bits per heavy atom. The van der Waals surface area contributed by atoms with Crippen LogP contribution in [0.15, 0.2) is 30.3 Å². The van der Waals surface area contributed by atoms with Crippen molar-refractivity contribution in [2.24, 2.45) is 16.2 Å². The average molecular weight is 689 g/mol. The Bertz CT molecular complexity index is 1070. The average Bonchev–Trinajstić information content (AvgIpc) is 2.98. The molecule has 0 aliphatic carbocycles. The minimum Gasteiger partial charge on any atom is -0.465 e. The predicted molar refractivity (Wildman–Crippen MR) is 166 cm³/mol. The molecule has 1 fully saturated rings. The molecule has 0 amide bonds. The number of hydrogen-bond donors (Lipinski definition) is 2. The van der Waals surface area contributed by atoms with Gasteiger partial charge >= 0.3 is 24.3 Å². The fourth-order valence-corrected chi connectivity index (χ4v) is 3.95. The van der Waals surface area contributed by atoms with Crippen molar-refractivity contribution in [1.29, 1.82) is 0 Å². The normalized spacial score (nSPS) is 17.0. The second kappa shape index (κ2) is 17.3. The molecule has 2 rings (SSSR count). The Kier molecular flexibility index (Phi) is 16.5. The minimum atomic E-state index is -6.13. The number of carbonyl (C=O) groups excluding carboxylic acids is 2. The van der Waals surface area contributed by atoms with Gasteiger partial charge in [-0.05, 0) is 71.8 Å². The lowest BCUT2D eigenvalue weighted by atomic mass is 9.82. The van der Waals surface area contributed by atoms with Crippen molar-refractivity contribution >= 4 is 11.9 Å². The Labute approximate surface area is 275 Å². The molecular formula is C34H54F6O7. The highest BCUT2D eigenvalue weighted by Crippen LogP contribution is 2.51. The van der Waals surface area contributed by atoms with Gasteiger partial charge in [-0.1, -0.05) is 65.0 Å². The molecule has 1 heterocycles. The van der Waals surface area contributed by atoms with Crippen LogP contribution in [0.5, 0.6) is 0 Å². The number of halogens is 6. The van der Waals surface area contributed by atoms with Crippen LogP contribution in [-0.2, 0) is 23.8 Å². The predicted octanol–water partition coefficient (Wildman–Crippen LogP) is 8.17. The fourth-order valence-electron chi connectivity index (χ4n) is 3.95. The summed E-state index contributed by atoms with van der Waals surface area (Å²) in [6.07, 6.45) is -9.30. The molecule has 2 N–H and O–H groups in total. The Hall–Kier alpha value is -2.38. The van der Waals surface area contributed by atoms with E-state index >= 15 is 0 Å². The second-order valence-corrected chi connectivity index (χ2v) is 13.6. The summed E-state index contributed by atoms with van der Waals surface area (Å²) < 4.78 is 91.6. The van der Waals surface area contributed by atoms with Gasteiger partial charge in [-0.3, -0.25) is 9.59 Å². The number of ether oxygens (including phenoxy) is 3. The smallest absolute Gasteiger partial charge is 0.430 e. The summed E-state index contributed by atoms with van der Waals surface area (Å²) in [6.45, 7) is 16.7. The van der Waals surface area contributed by atoms with Crippen molar-refractivity contribution in [3.8, 4) is 0 Å². The van der Waals surface area contributed by atoms with Crippen LogP contribution >= 0.6 is 0 Å². The van der Waals surface area contributed by atoms with E-state index in [4.69, 9.17) is 14.6 Å². The first kappa shape index (κ1) is 44.6. The molecule has 1 aromatic rings. The lowest BCUT2D eigenvalue weighted by molar-refractivity contribution is -0.408. The van der Waals surface area contributed by atoms with Crippen molar-refractivity contribution in [2.45, 2.75) is 124 Å². The van der Waals surface area contributed by atoms with Crippen molar-refractivity contribution in [3.63, 3.8) is 0 Å². The number of benzene rings is 1. The molecule has 0 radical (unpaired) electrons. The van der Waals surface area contributed by atoms with Gasteiger partial charge in [0.05, 0.1) is 36.1 Å². The molecule has 0 spiro atoms. The maximum Gasteiger partial charge on any atom is 0.430 e. The Morgan fingerprint density at radius 3 is 1.68 bits per heavy atom. The van der Waals surface area contributed by atoms with Gasteiger partial charge in [0.1, 0.15) is 6.61 Å². The largest absolute Gasteiger partial charge is 0.465 e. The van der Waals surface area contributed by atoms with E-state index in [1.165, 1.54) is 18.9 Å². The minimum absolute atomic E-state index is 0.0884. The standard InChI is InChI=1S/C12H18F6O4.C12H22O3.C10H14/c1-5-9(4,6-19)7(20)22-8(2,3)10(21,11(13,14)15)12(16,17)18;1-5-11(3,4)10(13)15-9-12(6-2)7-14-8-12;1-3-9(2)10-7-5-4-6-8-10/h19,21H,5-6H2,1-4H3;5-9H2,1-4H3;4-9H,3H2,1-2H3. The Morgan fingerprint density at radius 1 is 0.872 bits per heavy atom. The molecule has 1 aliphatic heterocycles. The van der Waals surface area contributed by atoms with E-state index in [-0.39, 0.29) is 23.2 Å². The van der Waals surface area contributed by atoms with Crippen LogP contribution in [0.4, 0.5) is 26.3 Å². The third-order valence-corrected chi connectivity index (χ3v) is 9.16. The number of aliphatic hydroxyl groups is 2. The van der Waals surface area contributed by atoms with Crippen LogP contribution in [0.2, 0.25) is 0 Å². The number of esters is 2. The third kappa shape index (κ3) is 11.3. The molecular weight excluding hydrogens is 634 g/mol. The lowest BCUT2D eigenvalue weighted by Gasteiger charge is -2.44. The summed E-state index contributed by atoms with van der Waals surface area (Å²) in [5.41, 5.74) is -9.11. The summed E-state index contributed by atoms with van der Waals surface area (Å²) in [5, 5.41) is 18.3. The highest BCUT2D eigenvalue weighted by atomic mass is 19.4. The maximum absolute atomic E-state index is 12.8. The Balaban J connectivity index is 0.000000726. The molecule has 274 valence electrons. The van der Waals surface area contributed by atoms with E-state index in [0.29, 0.717) is 26.4 Å². The number of carbonyl (C=O) groups is 2. The molecule has 1 aliphatic rings. The number of rotatable bonds is 12. The van der Waals surface area contributed by atoms with Gasteiger partial charge in [-0.25, -0.2) is 0 Å². The van der Waals surface area contributed by atoms with Gasteiger partial charge in [0.2, 0.25) is 0 Å². The van der Waals surface area contributed by atoms with Crippen molar-refractivity contribution in [2.75, 3.05) is 26.4 Å². The zero-order valence-corrected chi connectivity index (χ0v) is 29.3. The molecule has 2 unspecified atom stereocenters. The summed E-state index contributed by atoms with van der Waals surface area (Å²) in [5.74, 6) is -0.861. The highest BCUT2D eigenvalue weighted by Gasteiger charge is 2.78. The lowest BCUT2D eigenvalue weighted by Crippen LogP contribution is -2.70. The van der Waals surface area contributed by atoms with Crippen LogP contribution in [0, 0.1) is 16.2 Å². The van der Waals surface area contributed by atoms with E-state index in [1.54, 1.807) is 0 Å². The van der Waals surface area contributed by atoms with E-state index in [9.17, 15) is 41.0 Å². The summed E-state index contributed by atoms with van der Waals surface area (Å²) in [6, 6.07) is 10.6.